The number of nitrogens with one attached hydrogen (secondary N) is 4. The number of hydrogen-bond donors (Lipinski definition) is 6. The SMILES string of the molecule is CCCCCCCCCCOC(=O)N(C)C(Cc1c[nH]c2ccccc12)C(=O)NC(CC(N)=O)C(=O)NC(CC(=O)O)C(=O)NC(C)C. The van der Waals surface area contributed by atoms with E-state index in [-0.39, 0.29) is 19.1 Å². The molecule has 7 N–H and O–H groups in total. The van der Waals surface area contributed by atoms with Gasteiger partial charge in [-0.15, -0.1) is 0 Å². The molecule has 48 heavy (non-hydrogen) atoms. The molecule has 0 aliphatic rings. The maximum absolute atomic E-state index is 13.8. The van der Waals surface area contributed by atoms with Crippen molar-refractivity contribution in [2.75, 3.05) is 13.7 Å². The number of benzene rings is 1. The molecule has 3 unspecified atom stereocenters. The molecule has 14 heteroatoms. The number of hydrogen-bond acceptors (Lipinski definition) is 7. The standard InChI is InChI=1S/C34H52N6O8/c1-5-6-7-8-9-10-11-14-17-48-34(47)40(4)28(18-23-21-36-25-16-13-12-15-24(23)25)33(46)39-26(19-29(35)41)32(45)38-27(20-30(42)43)31(44)37-22(2)3/h12-13,15-16,21-22,26-28,36H,5-11,14,17-20H2,1-4H3,(H2,35,41)(H,37,44)(H,38,45)(H,39,46)(H,42,43). The van der Waals surface area contributed by atoms with E-state index in [2.05, 4.69) is 27.9 Å². The largest absolute Gasteiger partial charge is 0.481 e. The summed E-state index contributed by atoms with van der Waals surface area (Å²) in [6, 6.07) is 2.85. The third kappa shape index (κ3) is 13.6. The number of H-pyrrole nitrogens is 1. The van der Waals surface area contributed by atoms with E-state index in [1.54, 1.807) is 20.0 Å². The summed E-state index contributed by atoms with van der Waals surface area (Å²) in [5.74, 6) is -4.79. The molecule has 0 aliphatic carbocycles. The minimum atomic E-state index is -1.56. The lowest BCUT2D eigenvalue weighted by Gasteiger charge is -2.29. The Labute approximate surface area is 281 Å². The van der Waals surface area contributed by atoms with E-state index in [9.17, 15) is 33.9 Å². The fourth-order valence-electron chi connectivity index (χ4n) is 5.26. The van der Waals surface area contributed by atoms with Crippen molar-refractivity contribution in [2.24, 2.45) is 5.73 Å². The van der Waals surface area contributed by atoms with Gasteiger partial charge < -0.3 is 36.5 Å². The number of aromatic amines is 1. The number of carbonyl (C=O) groups is 6. The van der Waals surface area contributed by atoms with Gasteiger partial charge >= 0.3 is 12.1 Å². The predicted octanol–water partition coefficient (Wildman–Crippen LogP) is 3.13. The van der Waals surface area contributed by atoms with Crippen LogP contribution in [-0.4, -0.2) is 88.5 Å². The quantitative estimate of drug-likeness (QED) is 0.102. The van der Waals surface area contributed by atoms with Crippen LogP contribution in [0.4, 0.5) is 4.79 Å². The first-order chi connectivity index (χ1) is 22.8. The molecule has 0 saturated heterocycles. The smallest absolute Gasteiger partial charge is 0.410 e. The highest BCUT2D eigenvalue weighted by Gasteiger charge is 2.34. The lowest BCUT2D eigenvalue weighted by Crippen LogP contribution is -2.58. The van der Waals surface area contributed by atoms with E-state index >= 15 is 0 Å². The minimum Gasteiger partial charge on any atom is -0.481 e. The van der Waals surface area contributed by atoms with Gasteiger partial charge in [0.25, 0.3) is 0 Å². The number of aliphatic carboxylic acids is 1. The number of nitrogens with zero attached hydrogens (tertiary/aromatic N) is 1. The van der Waals surface area contributed by atoms with E-state index in [1.165, 1.54) is 32.7 Å². The summed E-state index contributed by atoms with van der Waals surface area (Å²) in [6.45, 7) is 5.68. The first-order valence-electron chi connectivity index (χ1n) is 16.7. The average Bonchev–Trinajstić information content (AvgIpc) is 3.43. The number of rotatable bonds is 22. The molecule has 266 valence electrons. The molecule has 0 fully saturated rings. The molecule has 1 aromatic carbocycles. The Morgan fingerprint density at radius 1 is 0.854 bits per heavy atom. The van der Waals surface area contributed by atoms with Crippen LogP contribution >= 0.6 is 0 Å². The van der Waals surface area contributed by atoms with Crippen molar-refractivity contribution in [1.82, 2.24) is 25.8 Å². The molecule has 0 saturated carbocycles. The highest BCUT2D eigenvalue weighted by molar-refractivity contribution is 5.97. The van der Waals surface area contributed by atoms with Gasteiger partial charge in [-0.25, -0.2) is 4.79 Å². The molecule has 0 aliphatic heterocycles. The molecule has 3 atom stereocenters. The fourth-order valence-corrected chi connectivity index (χ4v) is 5.26. The van der Waals surface area contributed by atoms with Crippen molar-refractivity contribution >= 4 is 46.6 Å². The highest BCUT2D eigenvalue weighted by Crippen LogP contribution is 2.21. The number of amides is 5. The Morgan fingerprint density at radius 3 is 2.06 bits per heavy atom. The second-order valence-corrected chi connectivity index (χ2v) is 12.3. The van der Waals surface area contributed by atoms with Crippen molar-refractivity contribution < 1.29 is 38.6 Å². The van der Waals surface area contributed by atoms with Gasteiger partial charge in [0.15, 0.2) is 0 Å². The van der Waals surface area contributed by atoms with Gasteiger partial charge in [0.05, 0.1) is 19.4 Å². The lowest BCUT2D eigenvalue weighted by molar-refractivity contribution is -0.141. The normalized spacial score (nSPS) is 12.9. The first kappa shape index (κ1) is 39.6. The second kappa shape index (κ2) is 20.6. The number of aromatic nitrogens is 1. The van der Waals surface area contributed by atoms with Gasteiger partial charge in [-0.05, 0) is 31.9 Å². The number of carboxylic acids is 1. The van der Waals surface area contributed by atoms with E-state index in [4.69, 9.17) is 10.5 Å². The van der Waals surface area contributed by atoms with E-state index < -0.39 is 66.7 Å². The summed E-state index contributed by atoms with van der Waals surface area (Å²) < 4.78 is 5.50. The fraction of sp³-hybridized carbons (Fsp3) is 0.588. The van der Waals surface area contributed by atoms with Crippen molar-refractivity contribution in [2.45, 2.75) is 116 Å². The van der Waals surface area contributed by atoms with Gasteiger partial charge in [0, 0.05) is 36.6 Å². The van der Waals surface area contributed by atoms with Crippen LogP contribution in [0.25, 0.3) is 10.9 Å². The molecule has 5 amide bonds. The molecule has 14 nitrogen and oxygen atoms in total. The molecule has 2 rings (SSSR count). The number of carbonyl (C=O) groups excluding carboxylic acids is 5. The number of nitrogens with two attached hydrogens (primary N) is 1. The Hall–Kier alpha value is -4.62. The number of para-hydroxylation sites is 1. The molecular formula is C34H52N6O8. The Balaban J connectivity index is 2.22. The molecule has 2 aromatic rings. The Kier molecular flexibility index (Phi) is 17.0. The van der Waals surface area contributed by atoms with Gasteiger partial charge in [0.2, 0.25) is 23.6 Å². The number of ether oxygens (including phenoxy) is 1. The van der Waals surface area contributed by atoms with Crippen LogP contribution in [0.5, 0.6) is 0 Å². The van der Waals surface area contributed by atoms with Crippen LogP contribution in [-0.2, 0) is 35.1 Å². The predicted molar refractivity (Wildman–Crippen MR) is 181 cm³/mol. The van der Waals surface area contributed by atoms with Gasteiger partial charge in [-0.3, -0.25) is 28.9 Å². The van der Waals surface area contributed by atoms with Crippen LogP contribution in [0, 0.1) is 0 Å². The second-order valence-electron chi connectivity index (χ2n) is 12.3. The summed E-state index contributed by atoms with van der Waals surface area (Å²) >= 11 is 0. The summed E-state index contributed by atoms with van der Waals surface area (Å²) in [6.07, 6.45) is 8.20. The Morgan fingerprint density at radius 2 is 1.44 bits per heavy atom. The van der Waals surface area contributed by atoms with Gasteiger partial charge in [-0.2, -0.15) is 0 Å². The third-order valence-corrected chi connectivity index (χ3v) is 7.85. The van der Waals surface area contributed by atoms with Crippen LogP contribution in [0.2, 0.25) is 0 Å². The zero-order valence-electron chi connectivity index (χ0n) is 28.5. The van der Waals surface area contributed by atoms with Gasteiger partial charge in [-0.1, -0.05) is 70.1 Å². The first-order valence-corrected chi connectivity index (χ1v) is 16.7. The monoisotopic (exact) mass is 672 g/mol. The zero-order chi connectivity index (χ0) is 35.6. The van der Waals surface area contributed by atoms with Crippen molar-refractivity contribution in [1.29, 1.82) is 0 Å². The van der Waals surface area contributed by atoms with E-state index in [0.29, 0.717) is 6.42 Å². The lowest BCUT2D eigenvalue weighted by atomic mass is 10.0. The topological polar surface area (TPSA) is 213 Å². The summed E-state index contributed by atoms with van der Waals surface area (Å²) in [4.78, 5) is 80.6. The highest BCUT2D eigenvalue weighted by atomic mass is 16.6. The van der Waals surface area contributed by atoms with E-state index in [1.807, 2.05) is 24.3 Å². The van der Waals surface area contributed by atoms with Crippen LogP contribution < -0.4 is 21.7 Å². The number of primary amides is 1. The van der Waals surface area contributed by atoms with Crippen molar-refractivity contribution in [3.05, 3.63) is 36.0 Å². The Bertz CT molecular complexity index is 1380. The number of likely N-dealkylation sites (N-methyl/N-ethyl adjacent to an activating group) is 1. The van der Waals surface area contributed by atoms with Crippen molar-refractivity contribution in [3.8, 4) is 0 Å². The maximum Gasteiger partial charge on any atom is 0.410 e. The maximum atomic E-state index is 13.8. The number of fused-ring (bicyclic) bond motifs is 1. The van der Waals surface area contributed by atoms with E-state index in [0.717, 1.165) is 40.6 Å². The molecule has 0 bridgehead atoms. The summed E-state index contributed by atoms with van der Waals surface area (Å²) in [5.41, 5.74) is 6.93. The molecule has 1 aromatic heterocycles. The third-order valence-electron chi connectivity index (χ3n) is 7.85. The molecule has 0 radical (unpaired) electrons. The molecule has 1 heterocycles. The summed E-state index contributed by atoms with van der Waals surface area (Å²) in [7, 11) is 1.41. The summed E-state index contributed by atoms with van der Waals surface area (Å²) in [5, 5.41) is 17.5. The van der Waals surface area contributed by atoms with Crippen LogP contribution in [0.1, 0.15) is 90.5 Å². The molecule has 0 spiro atoms. The van der Waals surface area contributed by atoms with Crippen LogP contribution in [0.15, 0.2) is 30.5 Å². The zero-order valence-corrected chi connectivity index (χ0v) is 28.5. The number of carboxylic acid groups (broad SMARTS) is 1. The minimum absolute atomic E-state index is 0.0303. The van der Waals surface area contributed by atoms with Crippen molar-refractivity contribution in [3.63, 3.8) is 0 Å². The number of unbranched alkanes of at least 4 members (excludes halogenated alkanes) is 7. The average molecular weight is 673 g/mol. The van der Waals surface area contributed by atoms with Gasteiger partial charge in [0.1, 0.15) is 18.1 Å². The molecular weight excluding hydrogens is 620 g/mol. The van der Waals surface area contributed by atoms with Crippen LogP contribution in [0.3, 0.4) is 0 Å².